The molecule has 1 saturated heterocycles. The average molecular weight is 366 g/mol. The van der Waals surface area contributed by atoms with Gasteiger partial charge in [-0.15, -0.1) is 0 Å². The Labute approximate surface area is 151 Å². The van der Waals surface area contributed by atoms with E-state index in [9.17, 15) is 4.39 Å². The molecule has 0 bridgehead atoms. The lowest BCUT2D eigenvalue weighted by Gasteiger charge is -2.34. The van der Waals surface area contributed by atoms with Gasteiger partial charge in [0.25, 0.3) is 0 Å². The number of β-amino-alcohol motifs (C(OH)–C–C–N with tert-alkyl or cyclic N) is 1. The second-order valence-corrected chi connectivity index (χ2v) is 6.39. The zero-order valence-electron chi connectivity index (χ0n) is 14.0. The van der Waals surface area contributed by atoms with Crippen LogP contribution in [0.1, 0.15) is 5.69 Å². The number of nitrogens with one attached hydrogen (secondary N) is 1. The first kappa shape index (κ1) is 17.8. The van der Waals surface area contributed by atoms with Crippen molar-refractivity contribution >= 4 is 29.1 Å². The minimum absolute atomic E-state index is 0.154. The molecule has 0 radical (unpaired) electrons. The lowest BCUT2D eigenvalue weighted by Crippen LogP contribution is -2.47. The SMILES string of the molecule is Cc1nc(N2CCN(CCO)CC2)nc(Nc2ccc(Cl)cc2)c1F. The second-order valence-electron chi connectivity index (χ2n) is 5.96. The summed E-state index contributed by atoms with van der Waals surface area (Å²) in [4.78, 5) is 12.9. The number of anilines is 3. The molecule has 0 unspecified atom stereocenters. The Balaban J connectivity index is 1.77. The highest BCUT2D eigenvalue weighted by atomic mass is 35.5. The normalized spacial score (nSPS) is 15.4. The number of nitrogens with zero attached hydrogens (tertiary/aromatic N) is 4. The van der Waals surface area contributed by atoms with Crippen LogP contribution in [-0.2, 0) is 0 Å². The van der Waals surface area contributed by atoms with Crippen molar-refractivity contribution < 1.29 is 9.50 Å². The standard InChI is InChI=1S/C17H21ClFN5O/c1-12-15(19)16(21-14-4-2-13(18)3-5-14)22-17(20-12)24-8-6-23(7-9-24)10-11-25/h2-5,25H,6-11H2,1H3,(H,20,21,22). The van der Waals surface area contributed by atoms with E-state index < -0.39 is 5.82 Å². The van der Waals surface area contributed by atoms with Gasteiger partial charge in [-0.2, -0.15) is 4.98 Å². The molecule has 3 rings (SSSR count). The van der Waals surface area contributed by atoms with Gasteiger partial charge in [0.1, 0.15) is 0 Å². The van der Waals surface area contributed by atoms with E-state index in [2.05, 4.69) is 20.2 Å². The van der Waals surface area contributed by atoms with Crippen LogP contribution in [0.2, 0.25) is 5.02 Å². The third kappa shape index (κ3) is 4.36. The average Bonchev–Trinajstić information content (AvgIpc) is 2.61. The minimum atomic E-state index is -0.461. The third-order valence-corrected chi connectivity index (χ3v) is 4.44. The maximum atomic E-state index is 14.4. The largest absolute Gasteiger partial charge is 0.395 e. The van der Waals surface area contributed by atoms with Gasteiger partial charge in [-0.05, 0) is 31.2 Å². The summed E-state index contributed by atoms with van der Waals surface area (Å²) in [5.74, 6) is 0.208. The summed E-state index contributed by atoms with van der Waals surface area (Å²) in [5.41, 5.74) is 1.01. The Morgan fingerprint density at radius 3 is 2.48 bits per heavy atom. The summed E-state index contributed by atoms with van der Waals surface area (Å²) < 4.78 is 14.4. The monoisotopic (exact) mass is 365 g/mol. The first-order valence-electron chi connectivity index (χ1n) is 8.21. The van der Waals surface area contributed by atoms with E-state index in [1.807, 2.05) is 4.90 Å². The predicted molar refractivity (Wildman–Crippen MR) is 97.2 cm³/mol. The summed E-state index contributed by atoms with van der Waals surface area (Å²) >= 11 is 5.88. The molecule has 6 nitrogen and oxygen atoms in total. The number of halogens is 2. The number of aryl methyl sites for hydroxylation is 1. The van der Waals surface area contributed by atoms with Crippen molar-refractivity contribution in [2.75, 3.05) is 49.5 Å². The Hall–Kier alpha value is -1.96. The van der Waals surface area contributed by atoms with E-state index in [0.29, 0.717) is 28.9 Å². The van der Waals surface area contributed by atoms with Crippen LogP contribution in [0.3, 0.4) is 0 Å². The lowest BCUT2D eigenvalue weighted by atomic mass is 10.3. The van der Waals surface area contributed by atoms with Crippen LogP contribution >= 0.6 is 11.6 Å². The molecule has 0 amide bonds. The first-order chi connectivity index (χ1) is 12.1. The van der Waals surface area contributed by atoms with Gasteiger partial charge >= 0.3 is 0 Å². The Bertz CT molecular complexity index is 720. The van der Waals surface area contributed by atoms with E-state index in [1.165, 1.54) is 0 Å². The summed E-state index contributed by atoms with van der Waals surface area (Å²) in [6.45, 7) is 5.58. The van der Waals surface area contributed by atoms with Crippen LogP contribution in [0, 0.1) is 12.7 Å². The van der Waals surface area contributed by atoms with E-state index in [1.54, 1.807) is 31.2 Å². The van der Waals surface area contributed by atoms with Crippen molar-refractivity contribution in [3.05, 3.63) is 40.8 Å². The quantitative estimate of drug-likeness (QED) is 0.848. The fraction of sp³-hybridized carbons (Fsp3) is 0.412. The number of rotatable bonds is 5. The highest BCUT2D eigenvalue weighted by Gasteiger charge is 2.21. The van der Waals surface area contributed by atoms with Crippen LogP contribution < -0.4 is 10.2 Å². The fourth-order valence-electron chi connectivity index (χ4n) is 2.75. The lowest BCUT2D eigenvalue weighted by molar-refractivity contribution is 0.188. The van der Waals surface area contributed by atoms with E-state index in [4.69, 9.17) is 16.7 Å². The highest BCUT2D eigenvalue weighted by molar-refractivity contribution is 6.30. The molecule has 2 aromatic rings. The van der Waals surface area contributed by atoms with Gasteiger partial charge in [0, 0.05) is 43.4 Å². The summed E-state index contributed by atoms with van der Waals surface area (Å²) in [5, 5.41) is 12.6. The number of aliphatic hydroxyl groups is 1. The maximum absolute atomic E-state index is 14.4. The van der Waals surface area contributed by atoms with Crippen molar-refractivity contribution in [2.45, 2.75) is 6.92 Å². The van der Waals surface area contributed by atoms with Crippen molar-refractivity contribution in [1.29, 1.82) is 0 Å². The van der Waals surface area contributed by atoms with Crippen molar-refractivity contribution in [1.82, 2.24) is 14.9 Å². The topological polar surface area (TPSA) is 64.5 Å². The van der Waals surface area contributed by atoms with E-state index >= 15 is 0 Å². The molecule has 1 aliphatic rings. The molecule has 2 N–H and O–H groups in total. The van der Waals surface area contributed by atoms with Gasteiger partial charge in [-0.3, -0.25) is 4.90 Å². The zero-order valence-corrected chi connectivity index (χ0v) is 14.8. The molecule has 25 heavy (non-hydrogen) atoms. The molecule has 0 aliphatic carbocycles. The van der Waals surface area contributed by atoms with Gasteiger partial charge < -0.3 is 15.3 Å². The number of hydrogen-bond donors (Lipinski definition) is 2. The van der Waals surface area contributed by atoms with Gasteiger partial charge in [0.15, 0.2) is 11.6 Å². The molecule has 1 fully saturated rings. The second kappa shape index (κ2) is 7.95. The van der Waals surface area contributed by atoms with Crippen LogP contribution in [0.25, 0.3) is 0 Å². The minimum Gasteiger partial charge on any atom is -0.395 e. The molecule has 1 aliphatic heterocycles. The summed E-state index contributed by atoms with van der Waals surface area (Å²) in [7, 11) is 0. The Morgan fingerprint density at radius 2 is 1.84 bits per heavy atom. The zero-order chi connectivity index (χ0) is 17.8. The molecule has 0 saturated carbocycles. The number of aliphatic hydroxyl groups excluding tert-OH is 1. The summed E-state index contributed by atoms with van der Waals surface area (Å²) in [6, 6.07) is 7.01. The molecule has 1 aromatic heterocycles. The fourth-order valence-corrected chi connectivity index (χ4v) is 2.88. The van der Waals surface area contributed by atoms with E-state index in [-0.39, 0.29) is 12.4 Å². The van der Waals surface area contributed by atoms with Gasteiger partial charge in [0.05, 0.1) is 12.3 Å². The third-order valence-electron chi connectivity index (χ3n) is 4.18. The molecular weight excluding hydrogens is 345 g/mol. The van der Waals surface area contributed by atoms with Crippen molar-refractivity contribution in [3.63, 3.8) is 0 Å². The maximum Gasteiger partial charge on any atom is 0.227 e. The highest BCUT2D eigenvalue weighted by Crippen LogP contribution is 2.24. The number of piperazine rings is 1. The Kier molecular flexibility index (Phi) is 5.67. The van der Waals surface area contributed by atoms with Gasteiger partial charge in [0.2, 0.25) is 5.95 Å². The van der Waals surface area contributed by atoms with Crippen LogP contribution in [-0.4, -0.2) is 59.3 Å². The molecule has 0 spiro atoms. The first-order valence-corrected chi connectivity index (χ1v) is 8.59. The molecular formula is C17H21ClFN5O. The van der Waals surface area contributed by atoms with Crippen molar-refractivity contribution in [2.24, 2.45) is 0 Å². The van der Waals surface area contributed by atoms with E-state index in [0.717, 1.165) is 26.2 Å². The van der Waals surface area contributed by atoms with Gasteiger partial charge in [-0.1, -0.05) is 11.6 Å². The molecule has 134 valence electrons. The van der Waals surface area contributed by atoms with Crippen LogP contribution in [0.5, 0.6) is 0 Å². The smallest absolute Gasteiger partial charge is 0.227 e. The van der Waals surface area contributed by atoms with Crippen molar-refractivity contribution in [3.8, 4) is 0 Å². The molecule has 0 atom stereocenters. The number of hydrogen-bond acceptors (Lipinski definition) is 6. The molecule has 1 aromatic carbocycles. The Morgan fingerprint density at radius 1 is 1.16 bits per heavy atom. The number of benzene rings is 1. The predicted octanol–water partition coefficient (Wildman–Crippen LogP) is 2.44. The molecule has 2 heterocycles. The molecule has 8 heteroatoms. The summed E-state index contributed by atoms with van der Waals surface area (Å²) in [6.07, 6.45) is 0. The van der Waals surface area contributed by atoms with Crippen LogP contribution in [0.15, 0.2) is 24.3 Å². The van der Waals surface area contributed by atoms with Crippen LogP contribution in [0.4, 0.5) is 21.8 Å². The number of aromatic nitrogens is 2. The van der Waals surface area contributed by atoms with Gasteiger partial charge in [-0.25, -0.2) is 9.37 Å².